The minimum absolute atomic E-state index is 0.203. The number of benzene rings is 1. The van der Waals surface area contributed by atoms with Gasteiger partial charge >= 0.3 is 0 Å². The molecule has 0 bridgehead atoms. The number of hydrogen-bond acceptors (Lipinski definition) is 7. The van der Waals surface area contributed by atoms with Gasteiger partial charge in [-0.2, -0.15) is 0 Å². The Balaban J connectivity index is 1.46. The molecule has 7 nitrogen and oxygen atoms in total. The molecule has 2 aromatic heterocycles. The summed E-state index contributed by atoms with van der Waals surface area (Å²) in [6, 6.07) is 10.1. The molecule has 0 aliphatic carbocycles. The number of nitrogens with zero attached hydrogens (tertiary/aromatic N) is 4. The first-order chi connectivity index (χ1) is 13.5. The standard InChI is InChI=1S/C19H20BrN5O2S/c1-11-4-3-5-12(2)25(11)19-23-22-18(28-19)21-17(26)15-10-16(27-24-15)13-6-8-14(20)9-7-13/h6-12H,3-5H2,1-2H3,(H,21,22,26)/t11-,12+. The monoisotopic (exact) mass is 461 g/mol. The van der Waals surface area contributed by atoms with Crippen LogP contribution in [-0.2, 0) is 0 Å². The van der Waals surface area contributed by atoms with Gasteiger partial charge in [-0.1, -0.05) is 44.6 Å². The summed E-state index contributed by atoms with van der Waals surface area (Å²) in [5, 5.41) is 16.4. The molecule has 3 heterocycles. The minimum atomic E-state index is -0.366. The summed E-state index contributed by atoms with van der Waals surface area (Å²) in [5.74, 6) is 0.168. The molecule has 28 heavy (non-hydrogen) atoms. The molecular weight excluding hydrogens is 442 g/mol. The molecule has 1 aliphatic rings. The van der Waals surface area contributed by atoms with Crippen LogP contribution in [0.3, 0.4) is 0 Å². The summed E-state index contributed by atoms with van der Waals surface area (Å²) < 4.78 is 6.28. The van der Waals surface area contributed by atoms with E-state index in [2.05, 4.69) is 55.3 Å². The molecule has 1 aliphatic heterocycles. The third-order valence-corrected chi connectivity index (χ3v) is 6.30. The van der Waals surface area contributed by atoms with Gasteiger partial charge in [0.25, 0.3) is 5.91 Å². The summed E-state index contributed by atoms with van der Waals surface area (Å²) >= 11 is 4.78. The smallest absolute Gasteiger partial charge is 0.279 e. The normalized spacial score (nSPS) is 19.6. The predicted octanol–water partition coefficient (Wildman–Crippen LogP) is 4.98. The van der Waals surface area contributed by atoms with Gasteiger partial charge in [0, 0.05) is 28.2 Å². The van der Waals surface area contributed by atoms with Gasteiger partial charge in [0.15, 0.2) is 11.5 Å². The number of aromatic nitrogens is 3. The Labute approximate surface area is 175 Å². The van der Waals surface area contributed by atoms with Crippen molar-refractivity contribution in [2.24, 2.45) is 0 Å². The van der Waals surface area contributed by atoms with Gasteiger partial charge < -0.3 is 9.42 Å². The second kappa shape index (κ2) is 8.00. The number of carbonyl (C=O) groups excluding carboxylic acids is 1. The number of nitrogens with one attached hydrogen (secondary N) is 1. The third kappa shape index (κ3) is 3.95. The second-order valence-corrected chi connectivity index (χ2v) is 8.84. The highest BCUT2D eigenvalue weighted by molar-refractivity contribution is 9.10. The van der Waals surface area contributed by atoms with E-state index in [-0.39, 0.29) is 11.6 Å². The van der Waals surface area contributed by atoms with Crippen LogP contribution in [0.15, 0.2) is 39.3 Å². The maximum absolute atomic E-state index is 12.5. The number of piperidine rings is 1. The van der Waals surface area contributed by atoms with E-state index >= 15 is 0 Å². The Morgan fingerprint density at radius 3 is 2.64 bits per heavy atom. The molecule has 1 aromatic carbocycles. The van der Waals surface area contributed by atoms with E-state index in [1.54, 1.807) is 6.07 Å². The topological polar surface area (TPSA) is 84.2 Å². The van der Waals surface area contributed by atoms with Crippen LogP contribution in [-0.4, -0.2) is 33.3 Å². The summed E-state index contributed by atoms with van der Waals surface area (Å²) in [6.45, 7) is 4.41. The van der Waals surface area contributed by atoms with Crippen LogP contribution < -0.4 is 10.2 Å². The van der Waals surface area contributed by atoms with Crippen molar-refractivity contribution in [2.75, 3.05) is 10.2 Å². The maximum Gasteiger partial charge on any atom is 0.279 e. The molecule has 0 radical (unpaired) electrons. The Hall–Kier alpha value is -2.26. The van der Waals surface area contributed by atoms with Gasteiger partial charge in [0.05, 0.1) is 0 Å². The highest BCUT2D eigenvalue weighted by Gasteiger charge is 2.28. The highest BCUT2D eigenvalue weighted by Crippen LogP contribution is 2.33. The predicted molar refractivity (Wildman–Crippen MR) is 113 cm³/mol. The molecule has 0 spiro atoms. The molecule has 1 amide bonds. The molecule has 4 rings (SSSR count). The van der Waals surface area contributed by atoms with Crippen LogP contribution in [0.1, 0.15) is 43.6 Å². The largest absolute Gasteiger partial charge is 0.355 e. The Bertz CT molecular complexity index is 961. The quantitative estimate of drug-likeness (QED) is 0.589. The lowest BCUT2D eigenvalue weighted by atomic mass is 9.98. The fraction of sp³-hybridized carbons (Fsp3) is 0.368. The number of anilines is 2. The van der Waals surface area contributed by atoms with Crippen LogP contribution in [0.5, 0.6) is 0 Å². The van der Waals surface area contributed by atoms with Crippen LogP contribution in [0.25, 0.3) is 11.3 Å². The maximum atomic E-state index is 12.5. The van der Waals surface area contributed by atoms with Crippen molar-refractivity contribution in [1.82, 2.24) is 15.4 Å². The zero-order valence-corrected chi connectivity index (χ0v) is 18.0. The van der Waals surface area contributed by atoms with Crippen molar-refractivity contribution in [3.63, 3.8) is 0 Å². The zero-order chi connectivity index (χ0) is 19.7. The minimum Gasteiger partial charge on any atom is -0.355 e. The van der Waals surface area contributed by atoms with E-state index in [0.717, 1.165) is 28.0 Å². The van der Waals surface area contributed by atoms with Crippen LogP contribution in [0, 0.1) is 0 Å². The number of amides is 1. The summed E-state index contributed by atoms with van der Waals surface area (Å²) in [5.41, 5.74) is 1.05. The molecule has 2 atom stereocenters. The van der Waals surface area contributed by atoms with Crippen LogP contribution in [0.2, 0.25) is 0 Å². The van der Waals surface area contributed by atoms with E-state index < -0.39 is 0 Å². The SMILES string of the molecule is C[C@@H]1CCC[C@H](C)N1c1nnc(NC(=O)c2cc(-c3ccc(Br)cc3)on2)s1. The lowest BCUT2D eigenvalue weighted by Crippen LogP contribution is -2.43. The van der Waals surface area contributed by atoms with E-state index in [0.29, 0.717) is 23.0 Å². The van der Waals surface area contributed by atoms with Gasteiger partial charge in [0.2, 0.25) is 10.3 Å². The van der Waals surface area contributed by atoms with E-state index in [9.17, 15) is 4.79 Å². The molecule has 146 valence electrons. The molecule has 3 aromatic rings. The van der Waals surface area contributed by atoms with Gasteiger partial charge in [-0.25, -0.2) is 0 Å². The average molecular weight is 462 g/mol. The van der Waals surface area contributed by atoms with Crippen molar-refractivity contribution in [3.8, 4) is 11.3 Å². The fourth-order valence-corrected chi connectivity index (χ4v) is 4.67. The molecule has 0 saturated carbocycles. The van der Waals surface area contributed by atoms with Crippen molar-refractivity contribution < 1.29 is 9.32 Å². The van der Waals surface area contributed by atoms with Crippen LogP contribution >= 0.6 is 27.3 Å². The van der Waals surface area contributed by atoms with Gasteiger partial charge in [-0.05, 0) is 45.2 Å². The number of rotatable bonds is 4. The van der Waals surface area contributed by atoms with Crippen molar-refractivity contribution >= 4 is 43.4 Å². The van der Waals surface area contributed by atoms with Gasteiger partial charge in [-0.15, -0.1) is 10.2 Å². The lowest BCUT2D eigenvalue weighted by Gasteiger charge is -2.38. The second-order valence-electron chi connectivity index (χ2n) is 6.96. The average Bonchev–Trinajstić information content (AvgIpc) is 3.32. The molecule has 1 fully saturated rings. The van der Waals surface area contributed by atoms with Gasteiger partial charge in [0.1, 0.15) is 0 Å². The first kappa shape index (κ1) is 19.1. The van der Waals surface area contributed by atoms with E-state index in [1.807, 2.05) is 24.3 Å². The molecule has 1 saturated heterocycles. The molecule has 1 N–H and O–H groups in total. The number of halogens is 1. The Morgan fingerprint density at radius 1 is 1.21 bits per heavy atom. The van der Waals surface area contributed by atoms with E-state index in [1.165, 1.54) is 17.8 Å². The van der Waals surface area contributed by atoms with Crippen molar-refractivity contribution in [1.29, 1.82) is 0 Å². The van der Waals surface area contributed by atoms with E-state index in [4.69, 9.17) is 4.52 Å². The van der Waals surface area contributed by atoms with Gasteiger partial charge in [-0.3, -0.25) is 10.1 Å². The Kier molecular flexibility index (Phi) is 5.45. The first-order valence-corrected chi connectivity index (χ1v) is 10.8. The molecular formula is C19H20BrN5O2S. The third-order valence-electron chi connectivity index (χ3n) is 4.92. The zero-order valence-electron chi connectivity index (χ0n) is 15.6. The fourth-order valence-electron chi connectivity index (χ4n) is 3.46. The van der Waals surface area contributed by atoms with Crippen LogP contribution in [0.4, 0.5) is 10.3 Å². The molecule has 9 heteroatoms. The summed E-state index contributed by atoms with van der Waals surface area (Å²) in [7, 11) is 0. The highest BCUT2D eigenvalue weighted by atomic mass is 79.9. The summed E-state index contributed by atoms with van der Waals surface area (Å²) in [4.78, 5) is 14.8. The Morgan fingerprint density at radius 2 is 1.93 bits per heavy atom. The number of carbonyl (C=O) groups is 1. The number of hydrogen-bond donors (Lipinski definition) is 1. The molecule has 0 unspecified atom stereocenters. The lowest BCUT2D eigenvalue weighted by molar-refractivity contribution is 0.101. The van der Waals surface area contributed by atoms with Crippen molar-refractivity contribution in [2.45, 2.75) is 45.2 Å². The first-order valence-electron chi connectivity index (χ1n) is 9.17. The van der Waals surface area contributed by atoms with Crippen molar-refractivity contribution in [3.05, 3.63) is 40.5 Å². The summed E-state index contributed by atoms with van der Waals surface area (Å²) in [6.07, 6.45) is 3.51.